The van der Waals surface area contributed by atoms with Gasteiger partial charge in [0.1, 0.15) is 0 Å². The van der Waals surface area contributed by atoms with Gasteiger partial charge in [0, 0.05) is 12.1 Å². The predicted molar refractivity (Wildman–Crippen MR) is 57.8 cm³/mol. The van der Waals surface area contributed by atoms with Crippen LogP contribution in [0.2, 0.25) is 0 Å². The van der Waals surface area contributed by atoms with Crippen molar-refractivity contribution in [1.29, 1.82) is 0 Å². The Hall–Kier alpha value is -1.16. The number of rotatable bonds is 3. The van der Waals surface area contributed by atoms with Crippen molar-refractivity contribution in [2.24, 2.45) is 11.7 Å². The normalized spacial score (nSPS) is 20.4. The average Bonchev–Trinajstić information content (AvgIpc) is 2.61. The first-order chi connectivity index (χ1) is 7.26. The lowest BCUT2D eigenvalue weighted by Gasteiger charge is -2.20. The van der Waals surface area contributed by atoms with Gasteiger partial charge in [-0.1, -0.05) is 6.92 Å². The predicted octanol–water partition coefficient (Wildman–Crippen LogP) is 1.07. The molecule has 1 aliphatic rings. The number of aromatic amines is 1. The second kappa shape index (κ2) is 4.14. The lowest BCUT2D eigenvalue weighted by molar-refractivity contribution is 0.0946. The maximum Gasteiger partial charge on any atom is 0.166 e. The molecule has 1 atom stereocenters. The molecule has 1 aromatic heterocycles. The Labute approximate surface area is 89.2 Å². The molecular formula is C11H17N3O. The zero-order chi connectivity index (χ0) is 10.8. The summed E-state index contributed by atoms with van der Waals surface area (Å²) in [6.07, 6.45) is 3.30. The molecule has 0 saturated carbocycles. The van der Waals surface area contributed by atoms with Crippen LogP contribution in [0.25, 0.3) is 0 Å². The highest BCUT2D eigenvalue weighted by atomic mass is 16.1. The Morgan fingerprint density at radius 2 is 2.33 bits per heavy atom. The molecule has 4 heteroatoms. The van der Waals surface area contributed by atoms with E-state index in [1.54, 1.807) is 0 Å². The third-order valence-corrected chi connectivity index (χ3v) is 3.07. The first-order valence-electron chi connectivity index (χ1n) is 5.55. The molecule has 0 bridgehead atoms. The molecule has 4 nitrogen and oxygen atoms in total. The number of hydrogen-bond acceptors (Lipinski definition) is 3. The summed E-state index contributed by atoms with van der Waals surface area (Å²) in [6.45, 7) is 2.68. The number of Topliss-reactive ketones (excluding diaryl/α,β-unsaturated/α-hetero) is 1. The minimum atomic E-state index is 0.236. The van der Waals surface area contributed by atoms with E-state index in [0.29, 0.717) is 18.9 Å². The number of fused-ring (bicyclic) bond motifs is 1. The number of nitrogens with one attached hydrogen (secondary N) is 1. The van der Waals surface area contributed by atoms with Crippen LogP contribution in [-0.4, -0.2) is 22.5 Å². The minimum Gasteiger partial charge on any atom is -0.330 e. The van der Waals surface area contributed by atoms with Gasteiger partial charge in [-0.05, 0) is 31.7 Å². The van der Waals surface area contributed by atoms with E-state index in [4.69, 9.17) is 5.73 Å². The van der Waals surface area contributed by atoms with E-state index in [1.165, 1.54) is 0 Å². The third kappa shape index (κ3) is 1.81. The molecule has 0 saturated heterocycles. The zero-order valence-electron chi connectivity index (χ0n) is 9.05. The molecule has 3 N–H and O–H groups in total. The van der Waals surface area contributed by atoms with Crippen molar-refractivity contribution in [3.05, 3.63) is 17.0 Å². The van der Waals surface area contributed by atoms with Gasteiger partial charge in [-0.2, -0.15) is 5.10 Å². The van der Waals surface area contributed by atoms with Gasteiger partial charge < -0.3 is 5.73 Å². The monoisotopic (exact) mass is 207 g/mol. The highest BCUT2D eigenvalue weighted by molar-refractivity contribution is 5.99. The number of aryl methyl sites for hydroxylation is 1. The Kier molecular flexibility index (Phi) is 2.86. The number of aromatic nitrogens is 2. The Balaban J connectivity index is 2.26. The first-order valence-corrected chi connectivity index (χ1v) is 5.55. The summed E-state index contributed by atoms with van der Waals surface area (Å²) < 4.78 is 0. The fourth-order valence-electron chi connectivity index (χ4n) is 2.32. The van der Waals surface area contributed by atoms with Crippen molar-refractivity contribution in [1.82, 2.24) is 10.2 Å². The number of nitrogens with zero attached hydrogens (tertiary/aromatic N) is 1. The number of hydrogen-bond donors (Lipinski definition) is 2. The van der Waals surface area contributed by atoms with E-state index >= 15 is 0 Å². The summed E-state index contributed by atoms with van der Waals surface area (Å²) in [4.78, 5) is 11.9. The Bertz CT molecular complexity index is 370. The van der Waals surface area contributed by atoms with E-state index in [-0.39, 0.29) is 5.78 Å². The second-order valence-corrected chi connectivity index (χ2v) is 4.15. The summed E-state index contributed by atoms with van der Waals surface area (Å²) in [6, 6.07) is 0. The molecule has 15 heavy (non-hydrogen) atoms. The molecule has 0 aliphatic heterocycles. The van der Waals surface area contributed by atoms with Crippen LogP contribution in [0.15, 0.2) is 0 Å². The molecule has 0 amide bonds. The lowest BCUT2D eigenvalue weighted by Crippen LogP contribution is -2.22. The van der Waals surface area contributed by atoms with Crippen LogP contribution < -0.4 is 5.73 Å². The molecule has 1 aromatic rings. The highest BCUT2D eigenvalue weighted by Crippen LogP contribution is 2.28. The summed E-state index contributed by atoms with van der Waals surface area (Å²) in [7, 11) is 0. The summed E-state index contributed by atoms with van der Waals surface area (Å²) in [5.74, 6) is 0.639. The molecule has 0 aromatic carbocycles. The van der Waals surface area contributed by atoms with E-state index in [0.717, 1.165) is 36.2 Å². The minimum absolute atomic E-state index is 0.236. The molecular weight excluding hydrogens is 190 g/mol. The number of nitrogens with two attached hydrogens (primary N) is 1. The van der Waals surface area contributed by atoms with Crippen molar-refractivity contribution in [3.63, 3.8) is 0 Å². The van der Waals surface area contributed by atoms with Gasteiger partial charge in [0.05, 0.1) is 11.3 Å². The molecule has 2 rings (SSSR count). The van der Waals surface area contributed by atoms with Crippen LogP contribution in [0, 0.1) is 5.92 Å². The fraction of sp³-hybridized carbons (Fsp3) is 0.636. The largest absolute Gasteiger partial charge is 0.330 e. The standard InChI is InChI=1S/C11H17N3O/c1-2-8-11-9(14-13-8)5-7(3-4-12)6-10(11)15/h7H,2-6,12H2,1H3,(H,13,14). The lowest BCUT2D eigenvalue weighted by atomic mass is 9.84. The first kappa shape index (κ1) is 10.4. The second-order valence-electron chi connectivity index (χ2n) is 4.15. The van der Waals surface area contributed by atoms with Crippen molar-refractivity contribution < 1.29 is 4.79 Å². The number of H-pyrrole nitrogens is 1. The number of ketones is 1. The van der Waals surface area contributed by atoms with Crippen LogP contribution in [0.3, 0.4) is 0 Å². The van der Waals surface area contributed by atoms with Crippen molar-refractivity contribution >= 4 is 5.78 Å². The summed E-state index contributed by atoms with van der Waals surface area (Å²) in [5.41, 5.74) is 8.30. The molecule has 0 radical (unpaired) electrons. The average molecular weight is 207 g/mol. The molecule has 0 spiro atoms. The highest BCUT2D eigenvalue weighted by Gasteiger charge is 2.28. The van der Waals surface area contributed by atoms with Gasteiger partial charge in [-0.25, -0.2) is 0 Å². The topological polar surface area (TPSA) is 71.8 Å². The molecule has 0 fully saturated rings. The van der Waals surface area contributed by atoms with E-state index < -0.39 is 0 Å². The van der Waals surface area contributed by atoms with Crippen molar-refractivity contribution in [2.75, 3.05) is 6.54 Å². The van der Waals surface area contributed by atoms with Gasteiger partial charge in [0.15, 0.2) is 5.78 Å². The maximum atomic E-state index is 11.9. The SMILES string of the molecule is CCc1n[nH]c2c1C(=O)CC(CCN)C2. The van der Waals surface area contributed by atoms with Crippen LogP contribution in [-0.2, 0) is 12.8 Å². The van der Waals surface area contributed by atoms with Crippen LogP contribution in [0.4, 0.5) is 0 Å². The number of carbonyl (C=O) groups excluding carboxylic acids is 1. The molecule has 1 heterocycles. The van der Waals surface area contributed by atoms with Gasteiger partial charge >= 0.3 is 0 Å². The van der Waals surface area contributed by atoms with Gasteiger partial charge in [0.2, 0.25) is 0 Å². The van der Waals surface area contributed by atoms with Crippen LogP contribution in [0.5, 0.6) is 0 Å². The van der Waals surface area contributed by atoms with Crippen LogP contribution >= 0.6 is 0 Å². The summed E-state index contributed by atoms with van der Waals surface area (Å²) in [5, 5.41) is 7.17. The van der Waals surface area contributed by atoms with Gasteiger partial charge in [-0.15, -0.1) is 0 Å². The molecule has 1 aliphatic carbocycles. The summed E-state index contributed by atoms with van der Waals surface area (Å²) >= 11 is 0. The fourth-order valence-corrected chi connectivity index (χ4v) is 2.32. The van der Waals surface area contributed by atoms with E-state index in [2.05, 4.69) is 10.2 Å². The van der Waals surface area contributed by atoms with Gasteiger partial charge in [0.25, 0.3) is 0 Å². The number of carbonyl (C=O) groups is 1. The van der Waals surface area contributed by atoms with Gasteiger partial charge in [-0.3, -0.25) is 9.89 Å². The zero-order valence-corrected chi connectivity index (χ0v) is 9.05. The van der Waals surface area contributed by atoms with E-state index in [9.17, 15) is 4.79 Å². The maximum absolute atomic E-state index is 11.9. The van der Waals surface area contributed by atoms with Crippen LogP contribution in [0.1, 0.15) is 41.5 Å². The Morgan fingerprint density at radius 1 is 1.53 bits per heavy atom. The van der Waals surface area contributed by atoms with Crippen molar-refractivity contribution in [2.45, 2.75) is 32.6 Å². The quantitative estimate of drug-likeness (QED) is 0.778. The smallest absolute Gasteiger partial charge is 0.166 e. The van der Waals surface area contributed by atoms with Crippen molar-refractivity contribution in [3.8, 4) is 0 Å². The Morgan fingerprint density at radius 3 is 3.00 bits per heavy atom. The molecule has 1 unspecified atom stereocenters. The van der Waals surface area contributed by atoms with E-state index in [1.807, 2.05) is 6.92 Å². The molecule has 82 valence electrons. The third-order valence-electron chi connectivity index (χ3n) is 3.07.